The number of anilines is 1. The number of nitrogens with one attached hydrogen (secondary N) is 1. The topological polar surface area (TPSA) is 92.7 Å². The molecule has 3 aromatic rings. The summed E-state index contributed by atoms with van der Waals surface area (Å²) >= 11 is 1.29. The summed E-state index contributed by atoms with van der Waals surface area (Å²) in [5.41, 5.74) is 1.09. The molecular formula is C20H17NO5S2. The van der Waals surface area contributed by atoms with E-state index in [1.165, 1.54) is 30.6 Å². The van der Waals surface area contributed by atoms with Crippen LogP contribution in [0, 0.1) is 0 Å². The van der Waals surface area contributed by atoms with Gasteiger partial charge in [-0.25, -0.2) is 8.42 Å². The maximum absolute atomic E-state index is 13.1. The number of carbonyl (C=O) groups excluding carboxylic acids is 1. The van der Waals surface area contributed by atoms with Crippen molar-refractivity contribution in [2.45, 2.75) is 22.1 Å². The lowest BCUT2D eigenvalue weighted by Crippen LogP contribution is -2.23. The largest absolute Gasteiger partial charge is 0.508 e. The number of sulfone groups is 1. The van der Waals surface area contributed by atoms with E-state index in [1.54, 1.807) is 35.7 Å². The molecule has 0 radical (unpaired) electrons. The predicted octanol–water partition coefficient (Wildman–Crippen LogP) is 3.77. The van der Waals surface area contributed by atoms with Crippen LogP contribution in [0.15, 0.2) is 63.7 Å². The summed E-state index contributed by atoms with van der Waals surface area (Å²) in [6.45, 7) is 0. The third-order valence-corrected chi connectivity index (χ3v) is 7.73. The van der Waals surface area contributed by atoms with E-state index in [0.717, 1.165) is 10.4 Å². The van der Waals surface area contributed by atoms with Crippen molar-refractivity contribution >= 4 is 32.8 Å². The quantitative estimate of drug-likeness (QED) is 0.677. The van der Waals surface area contributed by atoms with Gasteiger partial charge in [-0.2, -0.15) is 0 Å². The predicted molar refractivity (Wildman–Crippen MR) is 106 cm³/mol. The number of phenols is 1. The standard InChI is InChI=1S/C20H17NO5S2/c1-26-14-5-7-15(8-6-14)28(24,25)17-11-27-20-16(10-18(23)21-19(17)20)12-3-2-4-13(22)9-12/h2-9,11,16,22H,10H2,1H3,(H,21,23)/t16-/m1/s1. The zero-order valence-corrected chi connectivity index (χ0v) is 16.5. The molecule has 8 heteroatoms. The molecule has 0 saturated carbocycles. The average Bonchev–Trinajstić information content (AvgIpc) is 3.12. The van der Waals surface area contributed by atoms with E-state index in [0.29, 0.717) is 11.4 Å². The fourth-order valence-corrected chi connectivity index (χ4v) is 6.20. The minimum absolute atomic E-state index is 0.0795. The van der Waals surface area contributed by atoms with Crippen molar-refractivity contribution in [2.24, 2.45) is 0 Å². The van der Waals surface area contributed by atoms with E-state index in [4.69, 9.17) is 4.74 Å². The molecule has 0 unspecified atom stereocenters. The van der Waals surface area contributed by atoms with Gasteiger partial charge in [0.1, 0.15) is 16.4 Å². The van der Waals surface area contributed by atoms with Crippen LogP contribution in [-0.2, 0) is 14.6 Å². The first-order chi connectivity index (χ1) is 13.4. The highest BCUT2D eigenvalue weighted by molar-refractivity contribution is 7.91. The van der Waals surface area contributed by atoms with Crippen LogP contribution in [0.1, 0.15) is 22.8 Å². The van der Waals surface area contributed by atoms with Gasteiger partial charge < -0.3 is 15.2 Å². The molecule has 1 amide bonds. The minimum Gasteiger partial charge on any atom is -0.508 e. The maximum atomic E-state index is 13.1. The molecular weight excluding hydrogens is 398 g/mol. The maximum Gasteiger partial charge on any atom is 0.225 e. The van der Waals surface area contributed by atoms with Crippen molar-refractivity contribution in [1.29, 1.82) is 0 Å². The number of methoxy groups -OCH3 is 1. The monoisotopic (exact) mass is 415 g/mol. The minimum atomic E-state index is -3.81. The van der Waals surface area contributed by atoms with Gasteiger partial charge >= 0.3 is 0 Å². The lowest BCUT2D eigenvalue weighted by Gasteiger charge is -2.23. The highest BCUT2D eigenvalue weighted by atomic mass is 32.2. The normalized spacial score (nSPS) is 16.3. The van der Waals surface area contributed by atoms with Crippen LogP contribution in [0.4, 0.5) is 5.69 Å². The summed E-state index contributed by atoms with van der Waals surface area (Å²) in [6, 6.07) is 12.8. The van der Waals surface area contributed by atoms with Crippen LogP contribution >= 0.6 is 11.3 Å². The van der Waals surface area contributed by atoms with E-state index in [2.05, 4.69) is 5.32 Å². The number of rotatable bonds is 4. The first kappa shape index (κ1) is 18.5. The first-order valence-corrected chi connectivity index (χ1v) is 10.9. The van der Waals surface area contributed by atoms with Crippen molar-refractivity contribution in [3.63, 3.8) is 0 Å². The number of benzene rings is 2. The summed E-state index contributed by atoms with van der Waals surface area (Å²) < 4.78 is 31.4. The number of hydrogen-bond donors (Lipinski definition) is 2. The lowest BCUT2D eigenvalue weighted by molar-refractivity contribution is -0.116. The van der Waals surface area contributed by atoms with Gasteiger partial charge in [0, 0.05) is 22.6 Å². The van der Waals surface area contributed by atoms with Crippen LogP contribution < -0.4 is 10.1 Å². The molecule has 144 valence electrons. The number of aromatic hydroxyl groups is 1. The van der Waals surface area contributed by atoms with Gasteiger partial charge in [-0.3, -0.25) is 4.79 Å². The van der Waals surface area contributed by atoms with E-state index in [1.807, 2.05) is 6.07 Å². The number of fused-ring (bicyclic) bond motifs is 1. The summed E-state index contributed by atoms with van der Waals surface area (Å²) in [5, 5.41) is 14.1. The van der Waals surface area contributed by atoms with Crippen LogP contribution in [-0.4, -0.2) is 26.5 Å². The fourth-order valence-electron chi connectivity index (χ4n) is 3.29. The molecule has 0 spiro atoms. The molecule has 4 rings (SSSR count). The summed E-state index contributed by atoms with van der Waals surface area (Å²) in [5.74, 6) is 0.0994. The van der Waals surface area contributed by atoms with Crippen molar-refractivity contribution in [1.82, 2.24) is 0 Å². The number of phenolic OH excluding ortho intramolecular Hbond substituents is 1. The zero-order chi connectivity index (χ0) is 19.9. The highest BCUT2D eigenvalue weighted by Crippen LogP contribution is 2.46. The second-order valence-electron chi connectivity index (χ2n) is 6.42. The SMILES string of the molecule is COc1ccc(S(=O)(=O)c2csc3c2NC(=O)C[C@@H]3c2cccc(O)c2)cc1. The Labute approximate surface area is 166 Å². The third kappa shape index (κ3) is 3.14. The molecule has 1 aliphatic heterocycles. The smallest absolute Gasteiger partial charge is 0.225 e. The van der Waals surface area contributed by atoms with Gasteiger partial charge in [0.25, 0.3) is 0 Å². The number of amides is 1. The van der Waals surface area contributed by atoms with E-state index in [-0.39, 0.29) is 33.8 Å². The molecule has 1 aromatic heterocycles. The second kappa shape index (κ2) is 6.96. The molecule has 0 saturated heterocycles. The van der Waals surface area contributed by atoms with Crippen molar-refractivity contribution < 1.29 is 23.1 Å². The number of carbonyl (C=O) groups is 1. The Balaban J connectivity index is 1.80. The summed E-state index contributed by atoms with van der Waals surface area (Å²) in [6.07, 6.45) is 0.193. The fraction of sp³-hybridized carbons (Fsp3) is 0.150. The molecule has 0 aliphatic carbocycles. The number of hydrogen-bond acceptors (Lipinski definition) is 6. The van der Waals surface area contributed by atoms with Crippen LogP contribution in [0.25, 0.3) is 0 Å². The van der Waals surface area contributed by atoms with Gasteiger partial charge in [-0.15, -0.1) is 11.3 Å². The highest BCUT2D eigenvalue weighted by Gasteiger charge is 2.34. The van der Waals surface area contributed by atoms with Gasteiger partial charge in [0.15, 0.2) is 0 Å². The molecule has 28 heavy (non-hydrogen) atoms. The zero-order valence-electron chi connectivity index (χ0n) is 14.9. The molecule has 0 bridgehead atoms. The van der Waals surface area contributed by atoms with Gasteiger partial charge in [-0.1, -0.05) is 12.1 Å². The van der Waals surface area contributed by atoms with E-state index >= 15 is 0 Å². The van der Waals surface area contributed by atoms with Crippen LogP contribution in [0.3, 0.4) is 0 Å². The van der Waals surface area contributed by atoms with Crippen molar-refractivity contribution in [3.8, 4) is 11.5 Å². The Kier molecular flexibility index (Phi) is 4.60. The Hall–Kier alpha value is -2.84. The van der Waals surface area contributed by atoms with Crippen molar-refractivity contribution in [3.05, 3.63) is 64.4 Å². The molecule has 6 nitrogen and oxygen atoms in total. The second-order valence-corrected chi connectivity index (χ2v) is 9.25. The molecule has 1 atom stereocenters. The Morgan fingerprint density at radius 3 is 2.61 bits per heavy atom. The Morgan fingerprint density at radius 1 is 1.18 bits per heavy atom. The molecule has 2 N–H and O–H groups in total. The third-order valence-electron chi connectivity index (χ3n) is 4.69. The number of ether oxygens (including phenoxy) is 1. The van der Waals surface area contributed by atoms with Crippen LogP contribution in [0.5, 0.6) is 11.5 Å². The van der Waals surface area contributed by atoms with Gasteiger partial charge in [-0.05, 0) is 42.0 Å². The van der Waals surface area contributed by atoms with Gasteiger partial charge in [0.2, 0.25) is 15.7 Å². The Bertz CT molecular complexity index is 1150. The molecule has 2 heterocycles. The molecule has 0 fully saturated rings. The molecule has 1 aliphatic rings. The van der Waals surface area contributed by atoms with E-state index in [9.17, 15) is 18.3 Å². The summed E-state index contributed by atoms with van der Waals surface area (Å²) in [4.78, 5) is 13.3. The first-order valence-electron chi connectivity index (χ1n) is 8.49. The number of thiophene rings is 1. The van der Waals surface area contributed by atoms with Crippen molar-refractivity contribution in [2.75, 3.05) is 12.4 Å². The van der Waals surface area contributed by atoms with Gasteiger partial charge in [0.05, 0.1) is 17.7 Å². The average molecular weight is 415 g/mol. The van der Waals surface area contributed by atoms with E-state index < -0.39 is 9.84 Å². The molecule has 2 aromatic carbocycles. The van der Waals surface area contributed by atoms with Crippen LogP contribution in [0.2, 0.25) is 0 Å². The lowest BCUT2D eigenvalue weighted by atomic mass is 9.90. The summed E-state index contributed by atoms with van der Waals surface area (Å²) in [7, 11) is -2.30. The Morgan fingerprint density at radius 2 is 1.93 bits per heavy atom.